The first-order valence-corrected chi connectivity index (χ1v) is 7.80. The second kappa shape index (κ2) is 6.03. The van der Waals surface area contributed by atoms with Crippen LogP contribution < -0.4 is 0 Å². The minimum absolute atomic E-state index is 0.281. The summed E-state index contributed by atoms with van der Waals surface area (Å²) >= 11 is 12.1. The Labute approximate surface area is 126 Å². The first-order valence-electron chi connectivity index (χ1n) is 7.04. The summed E-state index contributed by atoms with van der Waals surface area (Å²) in [7, 11) is 4.40. The number of rotatable bonds is 3. The zero-order valence-electron chi connectivity index (χ0n) is 12.0. The SMILES string of the molecule is CC1CCC(Cc2ccc(Cl)c(Cl)c2)(N(C)C)CC1. The van der Waals surface area contributed by atoms with Crippen molar-refractivity contribution in [3.63, 3.8) is 0 Å². The lowest BCUT2D eigenvalue weighted by Crippen LogP contribution is -2.48. The van der Waals surface area contributed by atoms with E-state index in [-0.39, 0.29) is 5.54 Å². The lowest BCUT2D eigenvalue weighted by atomic mass is 9.73. The third-order valence-electron chi connectivity index (χ3n) is 4.67. The van der Waals surface area contributed by atoms with Crippen LogP contribution in [0.5, 0.6) is 0 Å². The summed E-state index contributed by atoms with van der Waals surface area (Å²) in [6, 6.07) is 6.04. The molecular formula is C16H23Cl2N. The number of nitrogens with zero attached hydrogens (tertiary/aromatic N) is 1. The minimum Gasteiger partial charge on any atom is -0.303 e. The van der Waals surface area contributed by atoms with Gasteiger partial charge in [0.05, 0.1) is 10.0 Å². The highest BCUT2D eigenvalue weighted by Gasteiger charge is 2.36. The largest absolute Gasteiger partial charge is 0.303 e. The molecule has 0 bridgehead atoms. The molecule has 0 aliphatic heterocycles. The summed E-state index contributed by atoms with van der Waals surface area (Å²) < 4.78 is 0. The Morgan fingerprint density at radius 2 is 1.79 bits per heavy atom. The van der Waals surface area contributed by atoms with E-state index in [1.165, 1.54) is 31.2 Å². The molecule has 1 fully saturated rings. The van der Waals surface area contributed by atoms with Gasteiger partial charge in [0.25, 0.3) is 0 Å². The molecule has 1 aromatic carbocycles. The molecule has 0 saturated heterocycles. The molecule has 2 rings (SSSR count). The topological polar surface area (TPSA) is 3.24 Å². The van der Waals surface area contributed by atoms with Crippen molar-refractivity contribution >= 4 is 23.2 Å². The molecule has 0 heterocycles. The lowest BCUT2D eigenvalue weighted by Gasteiger charge is -2.45. The van der Waals surface area contributed by atoms with Crippen molar-refractivity contribution < 1.29 is 0 Å². The fourth-order valence-electron chi connectivity index (χ4n) is 3.11. The molecular weight excluding hydrogens is 277 g/mol. The summed E-state index contributed by atoms with van der Waals surface area (Å²) in [4.78, 5) is 2.40. The molecule has 106 valence electrons. The van der Waals surface area contributed by atoms with Gasteiger partial charge in [-0.05, 0) is 69.8 Å². The van der Waals surface area contributed by atoms with Gasteiger partial charge in [-0.3, -0.25) is 0 Å². The molecule has 0 atom stereocenters. The average Bonchev–Trinajstić information content (AvgIpc) is 2.37. The first kappa shape index (κ1) is 15.2. The molecule has 1 aliphatic rings. The van der Waals surface area contributed by atoms with Crippen molar-refractivity contribution in [3.05, 3.63) is 33.8 Å². The quantitative estimate of drug-likeness (QED) is 0.755. The van der Waals surface area contributed by atoms with Crippen LogP contribution >= 0.6 is 23.2 Å². The van der Waals surface area contributed by atoms with E-state index in [0.29, 0.717) is 10.0 Å². The van der Waals surface area contributed by atoms with Gasteiger partial charge >= 0.3 is 0 Å². The summed E-state index contributed by atoms with van der Waals surface area (Å²) in [5.41, 5.74) is 1.57. The van der Waals surface area contributed by atoms with Gasteiger partial charge in [0.2, 0.25) is 0 Å². The van der Waals surface area contributed by atoms with Crippen LogP contribution in [0.4, 0.5) is 0 Å². The lowest BCUT2D eigenvalue weighted by molar-refractivity contribution is 0.0830. The zero-order chi connectivity index (χ0) is 14.0. The first-order chi connectivity index (χ1) is 8.93. The highest BCUT2D eigenvalue weighted by atomic mass is 35.5. The van der Waals surface area contributed by atoms with Crippen LogP contribution in [0, 0.1) is 5.92 Å². The molecule has 0 radical (unpaired) electrons. The predicted molar refractivity (Wildman–Crippen MR) is 84.2 cm³/mol. The van der Waals surface area contributed by atoms with Gasteiger partial charge in [-0.2, -0.15) is 0 Å². The van der Waals surface area contributed by atoms with Crippen molar-refractivity contribution in [2.45, 2.75) is 44.6 Å². The third kappa shape index (κ3) is 3.45. The highest BCUT2D eigenvalue weighted by Crippen LogP contribution is 2.38. The molecule has 3 heteroatoms. The summed E-state index contributed by atoms with van der Waals surface area (Å²) in [6.45, 7) is 2.36. The zero-order valence-corrected chi connectivity index (χ0v) is 13.6. The standard InChI is InChI=1S/C16H23Cl2N/c1-12-6-8-16(9-7-12,19(2)3)11-13-4-5-14(17)15(18)10-13/h4-5,10,12H,6-9,11H2,1-3H3. The molecule has 0 aromatic heterocycles. The van der Waals surface area contributed by atoms with E-state index in [1.54, 1.807) is 0 Å². The van der Waals surface area contributed by atoms with Crippen LogP contribution in [0.15, 0.2) is 18.2 Å². The Morgan fingerprint density at radius 3 is 2.32 bits per heavy atom. The number of likely N-dealkylation sites (N-methyl/N-ethyl adjacent to an activating group) is 1. The van der Waals surface area contributed by atoms with E-state index in [1.807, 2.05) is 12.1 Å². The number of benzene rings is 1. The predicted octanol–water partition coefficient (Wildman–Crippen LogP) is 5.05. The van der Waals surface area contributed by atoms with Crippen molar-refractivity contribution in [1.29, 1.82) is 0 Å². The van der Waals surface area contributed by atoms with Crippen LogP contribution in [0.2, 0.25) is 10.0 Å². The Hall–Kier alpha value is -0.240. The Morgan fingerprint density at radius 1 is 1.16 bits per heavy atom. The maximum absolute atomic E-state index is 6.13. The maximum Gasteiger partial charge on any atom is 0.0595 e. The molecule has 1 aliphatic carbocycles. The Bertz CT molecular complexity index is 434. The van der Waals surface area contributed by atoms with E-state index in [9.17, 15) is 0 Å². The third-order valence-corrected chi connectivity index (χ3v) is 5.41. The Balaban J connectivity index is 2.19. The fourth-order valence-corrected chi connectivity index (χ4v) is 3.43. The number of hydrogen-bond acceptors (Lipinski definition) is 1. The fraction of sp³-hybridized carbons (Fsp3) is 0.625. The van der Waals surface area contributed by atoms with Crippen molar-refractivity contribution in [2.75, 3.05) is 14.1 Å². The van der Waals surface area contributed by atoms with Gasteiger partial charge in [0.15, 0.2) is 0 Å². The van der Waals surface area contributed by atoms with Gasteiger partial charge in [0.1, 0.15) is 0 Å². The van der Waals surface area contributed by atoms with Crippen LogP contribution in [0.3, 0.4) is 0 Å². The molecule has 0 amide bonds. The normalized spacial score (nSPS) is 27.8. The molecule has 1 nitrogen and oxygen atoms in total. The van der Waals surface area contributed by atoms with Gasteiger partial charge < -0.3 is 4.90 Å². The van der Waals surface area contributed by atoms with Crippen molar-refractivity contribution in [3.8, 4) is 0 Å². The van der Waals surface area contributed by atoms with Crippen LogP contribution in [0.25, 0.3) is 0 Å². The average molecular weight is 300 g/mol. The van der Waals surface area contributed by atoms with Crippen LogP contribution in [-0.2, 0) is 6.42 Å². The smallest absolute Gasteiger partial charge is 0.0595 e. The van der Waals surface area contributed by atoms with Gasteiger partial charge in [-0.15, -0.1) is 0 Å². The summed E-state index contributed by atoms with van der Waals surface area (Å²) in [5, 5.41) is 1.30. The second-order valence-electron chi connectivity index (χ2n) is 6.23. The van der Waals surface area contributed by atoms with Crippen molar-refractivity contribution in [1.82, 2.24) is 4.90 Å². The molecule has 0 spiro atoms. The number of hydrogen-bond donors (Lipinski definition) is 0. The summed E-state index contributed by atoms with van der Waals surface area (Å²) in [5.74, 6) is 0.863. The number of halogens is 2. The van der Waals surface area contributed by atoms with Crippen LogP contribution in [0.1, 0.15) is 38.2 Å². The van der Waals surface area contributed by atoms with Gasteiger partial charge in [0, 0.05) is 5.54 Å². The minimum atomic E-state index is 0.281. The molecule has 1 saturated carbocycles. The van der Waals surface area contributed by atoms with Gasteiger partial charge in [-0.25, -0.2) is 0 Å². The van der Waals surface area contributed by atoms with Gasteiger partial charge in [-0.1, -0.05) is 36.2 Å². The Kier molecular flexibility index (Phi) is 4.81. The molecule has 1 aromatic rings. The maximum atomic E-state index is 6.13. The second-order valence-corrected chi connectivity index (χ2v) is 7.04. The molecule has 0 unspecified atom stereocenters. The monoisotopic (exact) mass is 299 g/mol. The molecule has 19 heavy (non-hydrogen) atoms. The van der Waals surface area contributed by atoms with E-state index in [4.69, 9.17) is 23.2 Å². The van der Waals surface area contributed by atoms with E-state index in [0.717, 1.165) is 12.3 Å². The van der Waals surface area contributed by atoms with E-state index in [2.05, 4.69) is 32.0 Å². The highest BCUT2D eigenvalue weighted by molar-refractivity contribution is 6.42. The van der Waals surface area contributed by atoms with E-state index >= 15 is 0 Å². The van der Waals surface area contributed by atoms with Crippen LogP contribution in [-0.4, -0.2) is 24.5 Å². The molecule has 0 N–H and O–H groups in total. The summed E-state index contributed by atoms with van der Waals surface area (Å²) in [6.07, 6.45) is 6.23. The van der Waals surface area contributed by atoms with Crippen molar-refractivity contribution in [2.24, 2.45) is 5.92 Å². The van der Waals surface area contributed by atoms with E-state index < -0.39 is 0 Å².